The van der Waals surface area contributed by atoms with E-state index in [4.69, 9.17) is 0 Å². The third-order valence-electron chi connectivity index (χ3n) is 3.65. The topological polar surface area (TPSA) is 66.4 Å². The molecule has 1 aliphatic rings. The summed E-state index contributed by atoms with van der Waals surface area (Å²) in [6, 6.07) is 5.35. The number of nitrogens with one attached hydrogen (secondary N) is 1. The number of rotatable bonds is 4. The molecule has 1 saturated carbocycles. The van der Waals surface area contributed by atoms with Crippen LogP contribution in [-0.4, -0.2) is 22.5 Å². The van der Waals surface area contributed by atoms with Gasteiger partial charge in [0.15, 0.2) is 0 Å². The highest BCUT2D eigenvalue weighted by Gasteiger charge is 2.48. The second-order valence-electron chi connectivity index (χ2n) is 5.17. The van der Waals surface area contributed by atoms with Gasteiger partial charge in [-0.25, -0.2) is 4.79 Å². The highest BCUT2D eigenvalue weighted by Crippen LogP contribution is 2.40. The molecule has 1 unspecified atom stereocenters. The molecule has 2 rings (SSSR count). The van der Waals surface area contributed by atoms with Crippen LogP contribution in [0.1, 0.15) is 35.7 Å². The van der Waals surface area contributed by atoms with Crippen LogP contribution in [-0.2, 0) is 4.79 Å². The zero-order valence-corrected chi connectivity index (χ0v) is 12.5. The molecule has 1 aliphatic carbocycles. The zero-order chi connectivity index (χ0) is 14.2. The molecule has 2 N–H and O–H groups in total. The normalized spacial score (nSPS) is 17.6. The summed E-state index contributed by atoms with van der Waals surface area (Å²) in [5.41, 5.74) is 0.226. The van der Waals surface area contributed by atoms with E-state index in [-0.39, 0.29) is 11.8 Å². The lowest BCUT2D eigenvalue weighted by atomic mass is 9.95. The molecule has 1 atom stereocenters. The van der Waals surface area contributed by atoms with Crippen molar-refractivity contribution >= 4 is 27.8 Å². The second-order valence-corrected chi connectivity index (χ2v) is 5.97. The van der Waals surface area contributed by atoms with Crippen molar-refractivity contribution in [2.45, 2.75) is 32.2 Å². The molecule has 1 fully saturated rings. The maximum absolute atomic E-state index is 12.3. The van der Waals surface area contributed by atoms with Gasteiger partial charge in [0.2, 0.25) is 0 Å². The van der Waals surface area contributed by atoms with Gasteiger partial charge in [0.05, 0.1) is 5.56 Å². The van der Waals surface area contributed by atoms with Crippen molar-refractivity contribution in [3.8, 4) is 0 Å². The molecule has 1 amide bonds. The molecule has 102 valence electrons. The molecule has 0 aromatic heterocycles. The van der Waals surface area contributed by atoms with E-state index in [9.17, 15) is 14.7 Å². The van der Waals surface area contributed by atoms with E-state index in [0.29, 0.717) is 10.0 Å². The van der Waals surface area contributed by atoms with E-state index < -0.39 is 11.5 Å². The Hall–Kier alpha value is -1.36. The molecule has 4 nitrogen and oxygen atoms in total. The van der Waals surface area contributed by atoms with Gasteiger partial charge in [-0.05, 0) is 60.2 Å². The molecule has 5 heteroatoms. The fraction of sp³-hybridized carbons (Fsp3) is 0.429. The van der Waals surface area contributed by atoms with E-state index in [0.717, 1.165) is 18.4 Å². The van der Waals surface area contributed by atoms with Gasteiger partial charge in [0.25, 0.3) is 5.91 Å². The molecule has 0 saturated heterocycles. The first-order chi connectivity index (χ1) is 8.86. The van der Waals surface area contributed by atoms with Crippen LogP contribution < -0.4 is 5.32 Å². The van der Waals surface area contributed by atoms with Crippen LogP contribution in [0, 0.1) is 12.8 Å². The number of carboxylic acids is 1. The highest BCUT2D eigenvalue weighted by atomic mass is 79.9. The Kier molecular flexibility index (Phi) is 3.67. The van der Waals surface area contributed by atoms with Crippen LogP contribution in [0.5, 0.6) is 0 Å². The average molecular weight is 326 g/mol. The van der Waals surface area contributed by atoms with Crippen LogP contribution in [0.2, 0.25) is 0 Å². The largest absolute Gasteiger partial charge is 0.480 e. The Morgan fingerprint density at radius 2 is 2.05 bits per heavy atom. The van der Waals surface area contributed by atoms with E-state index in [2.05, 4.69) is 21.2 Å². The number of benzene rings is 1. The van der Waals surface area contributed by atoms with Gasteiger partial charge in [0, 0.05) is 4.47 Å². The fourth-order valence-corrected chi connectivity index (χ4v) is 2.56. The fourth-order valence-electron chi connectivity index (χ4n) is 2.12. The third-order valence-corrected chi connectivity index (χ3v) is 4.70. The number of carboxylic acid groups (broad SMARTS) is 1. The summed E-state index contributed by atoms with van der Waals surface area (Å²) in [7, 11) is 0. The number of amides is 1. The number of carbonyl (C=O) groups excluding carboxylic acids is 1. The Balaban J connectivity index is 2.25. The first kappa shape index (κ1) is 14.1. The molecule has 0 spiro atoms. The minimum absolute atomic E-state index is 0.0255. The Morgan fingerprint density at radius 3 is 2.58 bits per heavy atom. The molecule has 19 heavy (non-hydrogen) atoms. The summed E-state index contributed by atoms with van der Waals surface area (Å²) >= 11 is 3.37. The third kappa shape index (κ3) is 2.66. The van der Waals surface area contributed by atoms with Crippen molar-refractivity contribution < 1.29 is 14.7 Å². The van der Waals surface area contributed by atoms with Crippen LogP contribution in [0.4, 0.5) is 0 Å². The van der Waals surface area contributed by atoms with Crippen molar-refractivity contribution in [1.82, 2.24) is 5.32 Å². The van der Waals surface area contributed by atoms with E-state index in [1.165, 1.54) is 0 Å². The smallest absolute Gasteiger partial charge is 0.329 e. The summed E-state index contributed by atoms with van der Waals surface area (Å²) in [6.45, 7) is 3.47. The van der Waals surface area contributed by atoms with Gasteiger partial charge >= 0.3 is 5.97 Å². The zero-order valence-electron chi connectivity index (χ0n) is 10.9. The molecular formula is C14H16BrNO3. The van der Waals surface area contributed by atoms with Gasteiger partial charge < -0.3 is 10.4 Å². The first-order valence-corrected chi connectivity index (χ1v) is 6.96. The first-order valence-electron chi connectivity index (χ1n) is 6.17. The molecule has 1 aromatic carbocycles. The maximum Gasteiger partial charge on any atom is 0.329 e. The van der Waals surface area contributed by atoms with Gasteiger partial charge in [0.1, 0.15) is 5.54 Å². The van der Waals surface area contributed by atoms with Crippen molar-refractivity contribution in [3.63, 3.8) is 0 Å². The summed E-state index contributed by atoms with van der Waals surface area (Å²) in [5.74, 6) is -1.31. The van der Waals surface area contributed by atoms with Crippen molar-refractivity contribution in [3.05, 3.63) is 33.8 Å². The van der Waals surface area contributed by atoms with Crippen LogP contribution >= 0.6 is 15.9 Å². The molecule has 0 aliphatic heterocycles. The molecule has 1 aromatic rings. The van der Waals surface area contributed by atoms with Crippen LogP contribution in [0.3, 0.4) is 0 Å². The quantitative estimate of drug-likeness (QED) is 0.894. The van der Waals surface area contributed by atoms with E-state index in [1.54, 1.807) is 19.1 Å². The summed E-state index contributed by atoms with van der Waals surface area (Å²) in [4.78, 5) is 23.7. The standard InChI is InChI=1S/C14H16BrNO3/c1-8-4-3-5-10(11(8)15)12(17)16-14(2,13(18)19)9-6-7-9/h3-5,9H,6-7H2,1-2H3,(H,16,17)(H,18,19). The maximum atomic E-state index is 12.3. The van der Waals surface area contributed by atoms with Gasteiger partial charge in [-0.3, -0.25) is 4.79 Å². The minimum atomic E-state index is -1.18. The number of hydrogen-bond donors (Lipinski definition) is 2. The lowest BCUT2D eigenvalue weighted by Crippen LogP contribution is -2.54. The molecular weight excluding hydrogens is 310 g/mol. The molecule has 0 bridgehead atoms. The van der Waals surface area contributed by atoms with E-state index >= 15 is 0 Å². The second kappa shape index (κ2) is 4.96. The van der Waals surface area contributed by atoms with Gasteiger partial charge in [-0.2, -0.15) is 0 Å². The predicted octanol–water partition coefficient (Wildman–Crippen LogP) is 2.74. The number of aryl methyl sites for hydroxylation is 1. The van der Waals surface area contributed by atoms with Crippen molar-refractivity contribution in [1.29, 1.82) is 0 Å². The highest BCUT2D eigenvalue weighted by molar-refractivity contribution is 9.10. The summed E-state index contributed by atoms with van der Waals surface area (Å²) < 4.78 is 0.705. The van der Waals surface area contributed by atoms with Crippen molar-refractivity contribution in [2.75, 3.05) is 0 Å². The Labute approximate surface area is 120 Å². The lowest BCUT2D eigenvalue weighted by molar-refractivity contribution is -0.144. The van der Waals surface area contributed by atoms with Gasteiger partial charge in [-0.1, -0.05) is 12.1 Å². The number of halogens is 1. The van der Waals surface area contributed by atoms with Crippen molar-refractivity contribution in [2.24, 2.45) is 5.92 Å². The Bertz CT molecular complexity index is 539. The predicted molar refractivity (Wildman–Crippen MR) is 75.1 cm³/mol. The van der Waals surface area contributed by atoms with Crippen LogP contribution in [0.25, 0.3) is 0 Å². The monoisotopic (exact) mass is 325 g/mol. The summed E-state index contributed by atoms with van der Waals surface area (Å²) in [6.07, 6.45) is 1.69. The number of hydrogen-bond acceptors (Lipinski definition) is 2. The SMILES string of the molecule is Cc1cccc(C(=O)NC(C)(C(=O)O)C2CC2)c1Br. The number of aliphatic carboxylic acids is 1. The molecule has 0 radical (unpaired) electrons. The van der Waals surface area contributed by atoms with Crippen LogP contribution in [0.15, 0.2) is 22.7 Å². The number of carbonyl (C=O) groups is 2. The van der Waals surface area contributed by atoms with Gasteiger partial charge in [-0.15, -0.1) is 0 Å². The van der Waals surface area contributed by atoms with E-state index in [1.807, 2.05) is 13.0 Å². The Morgan fingerprint density at radius 1 is 1.42 bits per heavy atom. The summed E-state index contributed by atoms with van der Waals surface area (Å²) in [5, 5.41) is 12.0. The molecule has 0 heterocycles. The average Bonchev–Trinajstić information content (AvgIpc) is 3.16. The lowest BCUT2D eigenvalue weighted by Gasteiger charge is -2.26. The minimum Gasteiger partial charge on any atom is -0.480 e.